The van der Waals surface area contributed by atoms with Gasteiger partial charge in [0, 0.05) is 13.0 Å². The molecule has 0 saturated carbocycles. The third-order valence-electron chi connectivity index (χ3n) is 2.49. The first kappa shape index (κ1) is 14.2. The number of nitro benzene ring substituents is 1. The van der Waals surface area contributed by atoms with E-state index in [0.717, 1.165) is 0 Å². The SMILES string of the molecule is COc1cc(C(O)CCO)c([N+](=O)[O-])cc1OC. The molecular formula is C11H15NO6. The summed E-state index contributed by atoms with van der Waals surface area (Å²) in [5.41, 5.74) is -0.180. The number of hydrogen-bond donors (Lipinski definition) is 2. The van der Waals surface area contributed by atoms with E-state index in [1.54, 1.807) is 0 Å². The zero-order valence-electron chi connectivity index (χ0n) is 10.1. The van der Waals surface area contributed by atoms with E-state index >= 15 is 0 Å². The maximum absolute atomic E-state index is 10.9. The van der Waals surface area contributed by atoms with Gasteiger partial charge >= 0.3 is 0 Å². The highest BCUT2D eigenvalue weighted by Gasteiger charge is 2.24. The van der Waals surface area contributed by atoms with Gasteiger partial charge in [-0.15, -0.1) is 0 Å². The maximum Gasteiger partial charge on any atom is 0.279 e. The van der Waals surface area contributed by atoms with Gasteiger partial charge in [0.2, 0.25) is 0 Å². The molecule has 0 amide bonds. The van der Waals surface area contributed by atoms with Gasteiger partial charge in [0.05, 0.1) is 36.9 Å². The Hall–Kier alpha value is -1.86. The minimum absolute atomic E-state index is 0.0102. The molecule has 0 aliphatic heterocycles. The first-order chi connectivity index (χ1) is 8.54. The second-order valence-electron chi connectivity index (χ2n) is 3.55. The van der Waals surface area contributed by atoms with Crippen molar-refractivity contribution in [2.75, 3.05) is 20.8 Å². The molecule has 0 bridgehead atoms. The number of nitrogens with zero attached hydrogens (tertiary/aromatic N) is 1. The Kier molecular flexibility index (Phi) is 4.87. The van der Waals surface area contributed by atoms with Crippen LogP contribution in [-0.2, 0) is 0 Å². The highest BCUT2D eigenvalue weighted by atomic mass is 16.6. The summed E-state index contributed by atoms with van der Waals surface area (Å²) < 4.78 is 9.98. The molecule has 1 unspecified atom stereocenters. The van der Waals surface area contributed by atoms with E-state index in [1.807, 2.05) is 0 Å². The molecule has 0 saturated heterocycles. The van der Waals surface area contributed by atoms with Crippen molar-refractivity contribution >= 4 is 5.69 Å². The average Bonchev–Trinajstić information content (AvgIpc) is 2.37. The summed E-state index contributed by atoms with van der Waals surface area (Å²) in [7, 11) is 2.76. The first-order valence-electron chi connectivity index (χ1n) is 5.24. The van der Waals surface area contributed by atoms with E-state index in [-0.39, 0.29) is 35.8 Å². The zero-order valence-corrected chi connectivity index (χ0v) is 10.1. The normalized spacial score (nSPS) is 12.0. The van der Waals surface area contributed by atoms with E-state index in [0.29, 0.717) is 0 Å². The Balaban J connectivity index is 3.33. The molecule has 0 aromatic heterocycles. The van der Waals surface area contributed by atoms with Crippen molar-refractivity contribution < 1.29 is 24.6 Å². The third kappa shape index (κ3) is 2.88. The molecule has 0 aliphatic rings. The summed E-state index contributed by atoms with van der Waals surface area (Å²) in [6.45, 7) is -0.271. The fourth-order valence-corrected chi connectivity index (χ4v) is 1.59. The van der Waals surface area contributed by atoms with Crippen molar-refractivity contribution in [2.45, 2.75) is 12.5 Å². The van der Waals surface area contributed by atoms with Crippen molar-refractivity contribution in [2.24, 2.45) is 0 Å². The van der Waals surface area contributed by atoms with E-state index in [4.69, 9.17) is 14.6 Å². The van der Waals surface area contributed by atoms with Gasteiger partial charge in [0.25, 0.3) is 5.69 Å². The van der Waals surface area contributed by atoms with Crippen LogP contribution in [0.2, 0.25) is 0 Å². The standard InChI is InChI=1S/C11H15NO6/c1-17-10-5-7(9(14)3-4-13)8(12(15)16)6-11(10)18-2/h5-6,9,13-14H,3-4H2,1-2H3. The number of nitro groups is 1. The van der Waals surface area contributed by atoms with Crippen LogP contribution in [0, 0.1) is 10.1 Å². The monoisotopic (exact) mass is 257 g/mol. The Morgan fingerprint density at radius 3 is 2.33 bits per heavy atom. The molecule has 1 atom stereocenters. The summed E-state index contributed by atoms with van der Waals surface area (Å²) in [6.07, 6.45) is -1.12. The van der Waals surface area contributed by atoms with Crippen LogP contribution in [0.1, 0.15) is 18.1 Å². The molecule has 0 aliphatic carbocycles. The summed E-state index contributed by atoms with van der Waals surface area (Å²) in [4.78, 5) is 10.3. The van der Waals surface area contributed by atoms with Gasteiger partial charge in [-0.1, -0.05) is 0 Å². The summed E-state index contributed by atoms with van der Waals surface area (Å²) >= 11 is 0. The molecule has 0 spiro atoms. The van der Waals surface area contributed by atoms with Crippen LogP contribution in [0.15, 0.2) is 12.1 Å². The average molecular weight is 257 g/mol. The van der Waals surface area contributed by atoms with Crippen LogP contribution in [0.3, 0.4) is 0 Å². The second kappa shape index (κ2) is 6.18. The molecule has 7 heteroatoms. The molecule has 0 fully saturated rings. The lowest BCUT2D eigenvalue weighted by atomic mass is 10.0. The Bertz CT molecular complexity index is 434. The van der Waals surface area contributed by atoms with Crippen LogP contribution in [-0.4, -0.2) is 36.0 Å². The van der Waals surface area contributed by atoms with Gasteiger partial charge in [-0.2, -0.15) is 0 Å². The van der Waals surface area contributed by atoms with Crippen LogP contribution in [0.25, 0.3) is 0 Å². The Morgan fingerprint density at radius 2 is 1.89 bits per heavy atom. The van der Waals surface area contributed by atoms with Crippen molar-refractivity contribution in [1.82, 2.24) is 0 Å². The van der Waals surface area contributed by atoms with Gasteiger partial charge in [0.1, 0.15) is 0 Å². The smallest absolute Gasteiger partial charge is 0.279 e. The number of aliphatic hydroxyl groups excluding tert-OH is 2. The number of hydrogen-bond acceptors (Lipinski definition) is 6. The number of ether oxygens (including phenoxy) is 2. The fraction of sp³-hybridized carbons (Fsp3) is 0.455. The topological polar surface area (TPSA) is 102 Å². The lowest BCUT2D eigenvalue weighted by Gasteiger charge is -2.13. The molecule has 100 valence electrons. The van der Waals surface area contributed by atoms with E-state index in [2.05, 4.69) is 0 Å². The molecule has 0 radical (unpaired) electrons. The molecule has 7 nitrogen and oxygen atoms in total. The number of aliphatic hydroxyl groups is 2. The second-order valence-corrected chi connectivity index (χ2v) is 3.55. The van der Waals surface area contributed by atoms with E-state index < -0.39 is 11.0 Å². The zero-order chi connectivity index (χ0) is 13.7. The van der Waals surface area contributed by atoms with Gasteiger partial charge in [-0.3, -0.25) is 10.1 Å². The fourth-order valence-electron chi connectivity index (χ4n) is 1.59. The highest BCUT2D eigenvalue weighted by molar-refractivity contribution is 5.55. The van der Waals surface area contributed by atoms with E-state index in [1.165, 1.54) is 26.4 Å². The van der Waals surface area contributed by atoms with E-state index in [9.17, 15) is 15.2 Å². The number of benzene rings is 1. The minimum Gasteiger partial charge on any atom is -0.493 e. The molecule has 1 aromatic carbocycles. The summed E-state index contributed by atoms with van der Waals surface area (Å²) in [6, 6.07) is 2.53. The molecular weight excluding hydrogens is 242 g/mol. The first-order valence-corrected chi connectivity index (χ1v) is 5.24. The van der Waals surface area contributed by atoms with Crippen LogP contribution in [0.4, 0.5) is 5.69 Å². The van der Waals surface area contributed by atoms with Crippen LogP contribution < -0.4 is 9.47 Å². The van der Waals surface area contributed by atoms with Crippen LogP contribution in [0.5, 0.6) is 11.5 Å². The lowest BCUT2D eigenvalue weighted by molar-refractivity contribution is -0.386. The number of rotatable bonds is 6. The van der Waals surface area contributed by atoms with Gasteiger partial charge < -0.3 is 19.7 Å². The quantitative estimate of drug-likeness (QED) is 0.583. The van der Waals surface area contributed by atoms with Crippen molar-refractivity contribution in [3.05, 3.63) is 27.8 Å². The Morgan fingerprint density at radius 1 is 1.33 bits per heavy atom. The molecule has 1 aromatic rings. The van der Waals surface area contributed by atoms with Gasteiger partial charge in [-0.05, 0) is 6.07 Å². The molecule has 2 N–H and O–H groups in total. The van der Waals surface area contributed by atoms with Crippen LogP contribution >= 0.6 is 0 Å². The highest BCUT2D eigenvalue weighted by Crippen LogP contribution is 2.37. The maximum atomic E-state index is 10.9. The molecule has 18 heavy (non-hydrogen) atoms. The summed E-state index contributed by atoms with van der Waals surface area (Å²) in [5.74, 6) is 0.499. The minimum atomic E-state index is -1.13. The van der Waals surface area contributed by atoms with Gasteiger partial charge in [-0.25, -0.2) is 0 Å². The summed E-state index contributed by atoms with van der Waals surface area (Å²) in [5, 5.41) is 29.5. The van der Waals surface area contributed by atoms with Gasteiger partial charge in [0.15, 0.2) is 11.5 Å². The Labute approximate surface area is 104 Å². The van der Waals surface area contributed by atoms with Crippen molar-refractivity contribution in [1.29, 1.82) is 0 Å². The predicted octanol–water partition coefficient (Wildman–Crippen LogP) is 1.03. The molecule has 0 heterocycles. The van der Waals surface area contributed by atoms with Crippen molar-refractivity contribution in [3.8, 4) is 11.5 Å². The molecule has 1 rings (SSSR count). The third-order valence-corrected chi connectivity index (χ3v) is 2.49. The number of methoxy groups -OCH3 is 2. The van der Waals surface area contributed by atoms with Crippen molar-refractivity contribution in [3.63, 3.8) is 0 Å². The largest absolute Gasteiger partial charge is 0.493 e. The predicted molar refractivity (Wildman–Crippen MR) is 62.9 cm³/mol. The lowest BCUT2D eigenvalue weighted by Crippen LogP contribution is -2.05.